The lowest BCUT2D eigenvalue weighted by Crippen LogP contribution is -2.31. The lowest BCUT2D eigenvalue weighted by Gasteiger charge is -2.22. The zero-order valence-electron chi connectivity index (χ0n) is 11.1. The van der Waals surface area contributed by atoms with Crippen LogP contribution in [-0.4, -0.2) is 6.04 Å². The summed E-state index contributed by atoms with van der Waals surface area (Å²) in [5.41, 5.74) is 6.13. The third-order valence-corrected chi connectivity index (χ3v) is 3.20. The van der Waals surface area contributed by atoms with E-state index in [0.717, 1.165) is 17.9 Å². The molecular formula is C15H18ClNO2. The Kier molecular flexibility index (Phi) is 4.51. The van der Waals surface area contributed by atoms with Crippen LogP contribution in [0.15, 0.2) is 40.8 Å². The average molecular weight is 280 g/mol. The highest BCUT2D eigenvalue weighted by molar-refractivity contribution is 6.30. The highest BCUT2D eigenvalue weighted by Crippen LogP contribution is 2.28. The van der Waals surface area contributed by atoms with Crippen molar-refractivity contribution in [1.82, 2.24) is 0 Å². The Balaban J connectivity index is 2.24. The highest BCUT2D eigenvalue weighted by Gasteiger charge is 2.23. The number of furan rings is 1. The van der Waals surface area contributed by atoms with Crippen LogP contribution in [0.1, 0.15) is 31.0 Å². The van der Waals surface area contributed by atoms with E-state index in [-0.39, 0.29) is 12.1 Å². The van der Waals surface area contributed by atoms with Crippen LogP contribution in [-0.2, 0) is 0 Å². The third kappa shape index (κ3) is 3.52. The summed E-state index contributed by atoms with van der Waals surface area (Å²) in [7, 11) is 0. The van der Waals surface area contributed by atoms with Crippen molar-refractivity contribution in [3.8, 4) is 5.75 Å². The Morgan fingerprint density at radius 3 is 2.68 bits per heavy atom. The second-order valence-corrected chi connectivity index (χ2v) is 4.95. The number of nitrogens with two attached hydrogens (primary N) is 1. The zero-order valence-corrected chi connectivity index (χ0v) is 11.9. The van der Waals surface area contributed by atoms with Crippen LogP contribution >= 0.6 is 11.6 Å². The van der Waals surface area contributed by atoms with E-state index >= 15 is 0 Å². The average Bonchev–Trinajstić information content (AvgIpc) is 2.81. The van der Waals surface area contributed by atoms with Crippen molar-refractivity contribution in [2.45, 2.75) is 32.4 Å². The van der Waals surface area contributed by atoms with Gasteiger partial charge in [-0.25, -0.2) is 0 Å². The molecule has 3 nitrogen and oxygen atoms in total. The quantitative estimate of drug-likeness (QED) is 0.896. The molecule has 2 rings (SSSR count). The number of hydrogen-bond donors (Lipinski definition) is 1. The fourth-order valence-corrected chi connectivity index (χ4v) is 2.04. The standard InChI is InChI=1S/C15H18ClNO2/c1-3-13(17)15(14-8-7-10(2)18-14)19-12-6-4-5-11(16)9-12/h4-9,13,15H,3,17H2,1-2H3. The largest absolute Gasteiger partial charge is 0.481 e. The summed E-state index contributed by atoms with van der Waals surface area (Å²) >= 11 is 5.96. The molecule has 4 heteroatoms. The van der Waals surface area contributed by atoms with Gasteiger partial charge in [-0.05, 0) is 43.7 Å². The maximum absolute atomic E-state index is 6.13. The zero-order chi connectivity index (χ0) is 13.8. The maximum atomic E-state index is 6.13. The minimum atomic E-state index is -0.308. The lowest BCUT2D eigenvalue weighted by molar-refractivity contribution is 0.143. The van der Waals surface area contributed by atoms with Gasteiger partial charge >= 0.3 is 0 Å². The SMILES string of the molecule is CCC(N)C(Oc1cccc(Cl)c1)c1ccc(C)o1. The molecule has 0 amide bonds. The van der Waals surface area contributed by atoms with E-state index in [9.17, 15) is 0 Å². The molecule has 1 aromatic heterocycles. The summed E-state index contributed by atoms with van der Waals surface area (Å²) in [4.78, 5) is 0. The fourth-order valence-electron chi connectivity index (χ4n) is 1.86. The second kappa shape index (κ2) is 6.13. The molecule has 2 aromatic rings. The Morgan fingerprint density at radius 2 is 2.11 bits per heavy atom. The molecule has 1 heterocycles. The van der Waals surface area contributed by atoms with Gasteiger partial charge in [0.1, 0.15) is 17.3 Å². The van der Waals surface area contributed by atoms with Crippen molar-refractivity contribution >= 4 is 11.6 Å². The fraction of sp³-hybridized carbons (Fsp3) is 0.333. The topological polar surface area (TPSA) is 48.4 Å². The number of halogens is 1. The molecule has 2 atom stereocenters. The Bertz CT molecular complexity index is 538. The van der Waals surface area contributed by atoms with Crippen LogP contribution in [0.2, 0.25) is 5.02 Å². The van der Waals surface area contributed by atoms with Crippen molar-refractivity contribution < 1.29 is 9.15 Å². The molecule has 19 heavy (non-hydrogen) atoms. The van der Waals surface area contributed by atoms with E-state index in [4.69, 9.17) is 26.5 Å². The van der Waals surface area contributed by atoms with Crippen molar-refractivity contribution in [3.05, 3.63) is 52.9 Å². The van der Waals surface area contributed by atoms with Crippen LogP contribution in [0.5, 0.6) is 5.75 Å². The lowest BCUT2D eigenvalue weighted by atomic mass is 10.1. The summed E-state index contributed by atoms with van der Waals surface area (Å²) in [6.07, 6.45) is 0.488. The first-order chi connectivity index (χ1) is 9.10. The molecule has 2 unspecified atom stereocenters. The highest BCUT2D eigenvalue weighted by atomic mass is 35.5. The molecule has 0 saturated heterocycles. The predicted molar refractivity (Wildman–Crippen MR) is 76.5 cm³/mol. The summed E-state index contributed by atoms with van der Waals surface area (Å²) in [6.45, 7) is 3.92. The summed E-state index contributed by atoms with van der Waals surface area (Å²) < 4.78 is 11.6. The van der Waals surface area contributed by atoms with E-state index in [1.807, 2.05) is 38.1 Å². The van der Waals surface area contributed by atoms with Gasteiger partial charge < -0.3 is 14.9 Å². The molecule has 0 spiro atoms. The van der Waals surface area contributed by atoms with Crippen LogP contribution in [0.25, 0.3) is 0 Å². The molecule has 0 radical (unpaired) electrons. The van der Waals surface area contributed by atoms with Gasteiger partial charge in [0.25, 0.3) is 0 Å². The van der Waals surface area contributed by atoms with Crippen LogP contribution in [0, 0.1) is 6.92 Å². The van der Waals surface area contributed by atoms with E-state index in [2.05, 4.69) is 0 Å². The van der Waals surface area contributed by atoms with Gasteiger partial charge in [-0.2, -0.15) is 0 Å². The molecule has 0 aliphatic heterocycles. The van der Waals surface area contributed by atoms with Gasteiger partial charge in [0.05, 0.1) is 0 Å². The minimum Gasteiger partial charge on any atom is -0.481 e. The molecular weight excluding hydrogens is 262 g/mol. The van der Waals surface area contributed by atoms with Crippen molar-refractivity contribution in [3.63, 3.8) is 0 Å². The van der Waals surface area contributed by atoms with Crippen molar-refractivity contribution in [1.29, 1.82) is 0 Å². The first-order valence-corrected chi connectivity index (χ1v) is 6.72. The Labute approximate surface area is 118 Å². The van der Waals surface area contributed by atoms with Gasteiger partial charge in [-0.1, -0.05) is 24.6 Å². The van der Waals surface area contributed by atoms with Crippen LogP contribution in [0.4, 0.5) is 0 Å². The second-order valence-electron chi connectivity index (χ2n) is 4.52. The van der Waals surface area contributed by atoms with Gasteiger partial charge in [0.2, 0.25) is 0 Å². The van der Waals surface area contributed by atoms with E-state index in [1.165, 1.54) is 0 Å². The van der Waals surface area contributed by atoms with Crippen molar-refractivity contribution in [2.75, 3.05) is 0 Å². The van der Waals surface area contributed by atoms with Gasteiger partial charge in [0.15, 0.2) is 6.10 Å². The number of aryl methyl sites for hydroxylation is 1. The number of ether oxygens (including phenoxy) is 1. The van der Waals surface area contributed by atoms with E-state index < -0.39 is 0 Å². The van der Waals surface area contributed by atoms with Gasteiger partial charge in [0, 0.05) is 11.1 Å². The summed E-state index contributed by atoms with van der Waals surface area (Å²) in [5, 5.41) is 0.636. The monoisotopic (exact) mass is 279 g/mol. The van der Waals surface area contributed by atoms with E-state index in [1.54, 1.807) is 12.1 Å². The van der Waals surface area contributed by atoms with Crippen LogP contribution in [0.3, 0.4) is 0 Å². The van der Waals surface area contributed by atoms with Crippen molar-refractivity contribution in [2.24, 2.45) is 5.73 Å². The summed E-state index contributed by atoms with van der Waals surface area (Å²) in [5.74, 6) is 2.28. The first kappa shape index (κ1) is 14.0. The summed E-state index contributed by atoms with van der Waals surface area (Å²) in [6, 6.07) is 11.0. The molecule has 0 aliphatic rings. The number of hydrogen-bond acceptors (Lipinski definition) is 3. The van der Waals surface area contributed by atoms with Gasteiger partial charge in [-0.15, -0.1) is 0 Å². The third-order valence-electron chi connectivity index (χ3n) is 2.96. The molecule has 102 valence electrons. The number of rotatable bonds is 5. The molecule has 0 bridgehead atoms. The van der Waals surface area contributed by atoms with Crippen LogP contribution < -0.4 is 10.5 Å². The molecule has 0 fully saturated rings. The number of benzene rings is 1. The Morgan fingerprint density at radius 1 is 1.32 bits per heavy atom. The normalized spacial score (nSPS) is 14.1. The molecule has 2 N–H and O–H groups in total. The van der Waals surface area contributed by atoms with E-state index in [0.29, 0.717) is 10.8 Å². The first-order valence-electron chi connectivity index (χ1n) is 6.34. The van der Waals surface area contributed by atoms with Gasteiger partial charge in [-0.3, -0.25) is 0 Å². The minimum absolute atomic E-state index is 0.135. The maximum Gasteiger partial charge on any atom is 0.171 e. The molecule has 0 aliphatic carbocycles. The Hall–Kier alpha value is -1.45. The molecule has 0 saturated carbocycles. The smallest absolute Gasteiger partial charge is 0.171 e. The predicted octanol–water partition coefficient (Wildman–Crippen LogP) is 4.10. The molecule has 1 aromatic carbocycles.